The monoisotopic (exact) mass is 258 g/mol. The lowest BCUT2D eigenvalue weighted by atomic mass is 9.97. The highest BCUT2D eigenvalue weighted by molar-refractivity contribution is 7.98. The largest absolute Gasteiger partial charge is 0.317 e. The van der Waals surface area contributed by atoms with Crippen molar-refractivity contribution in [1.82, 2.24) is 10.2 Å². The van der Waals surface area contributed by atoms with E-state index in [9.17, 15) is 0 Å². The van der Waals surface area contributed by atoms with Crippen LogP contribution in [0.25, 0.3) is 0 Å². The summed E-state index contributed by atoms with van der Waals surface area (Å²) >= 11 is 1.98. The van der Waals surface area contributed by atoms with Gasteiger partial charge in [0.2, 0.25) is 0 Å². The van der Waals surface area contributed by atoms with Crippen molar-refractivity contribution in [2.75, 3.05) is 44.7 Å². The van der Waals surface area contributed by atoms with Crippen molar-refractivity contribution in [2.45, 2.75) is 39.0 Å². The van der Waals surface area contributed by atoms with Crippen molar-refractivity contribution < 1.29 is 0 Å². The Hall–Kier alpha value is 0.270. The summed E-state index contributed by atoms with van der Waals surface area (Å²) in [5.41, 5.74) is 0. The zero-order valence-electron chi connectivity index (χ0n) is 11.7. The van der Waals surface area contributed by atoms with Crippen LogP contribution in [0.15, 0.2) is 0 Å². The van der Waals surface area contributed by atoms with Crippen molar-refractivity contribution in [2.24, 2.45) is 5.92 Å². The summed E-state index contributed by atoms with van der Waals surface area (Å²) in [6.07, 6.45) is 9.03. The van der Waals surface area contributed by atoms with Crippen molar-refractivity contribution in [3.8, 4) is 0 Å². The van der Waals surface area contributed by atoms with E-state index in [0.717, 1.165) is 5.92 Å². The summed E-state index contributed by atoms with van der Waals surface area (Å²) in [6.45, 7) is 8.72. The van der Waals surface area contributed by atoms with Gasteiger partial charge in [-0.3, -0.25) is 0 Å². The van der Waals surface area contributed by atoms with Gasteiger partial charge in [0.05, 0.1) is 0 Å². The van der Waals surface area contributed by atoms with Gasteiger partial charge in [-0.1, -0.05) is 6.92 Å². The molecule has 3 heteroatoms. The molecule has 0 radical (unpaired) electrons. The first-order chi connectivity index (χ1) is 8.36. The predicted molar refractivity (Wildman–Crippen MR) is 79.9 cm³/mol. The number of hydrogen-bond acceptors (Lipinski definition) is 3. The molecular weight excluding hydrogens is 228 g/mol. The highest BCUT2D eigenvalue weighted by Crippen LogP contribution is 2.14. The van der Waals surface area contributed by atoms with Crippen molar-refractivity contribution in [1.29, 1.82) is 0 Å². The third-order valence-electron chi connectivity index (χ3n) is 3.59. The van der Waals surface area contributed by atoms with Crippen LogP contribution in [-0.2, 0) is 0 Å². The van der Waals surface area contributed by atoms with E-state index in [4.69, 9.17) is 0 Å². The fourth-order valence-electron chi connectivity index (χ4n) is 2.62. The zero-order valence-corrected chi connectivity index (χ0v) is 12.5. The minimum atomic E-state index is 0.948. The van der Waals surface area contributed by atoms with Gasteiger partial charge in [-0.2, -0.15) is 11.8 Å². The minimum Gasteiger partial charge on any atom is -0.317 e. The minimum absolute atomic E-state index is 0.948. The molecule has 0 aliphatic carbocycles. The van der Waals surface area contributed by atoms with E-state index < -0.39 is 0 Å². The van der Waals surface area contributed by atoms with Gasteiger partial charge < -0.3 is 10.2 Å². The first kappa shape index (κ1) is 15.3. The molecule has 2 nitrogen and oxygen atoms in total. The van der Waals surface area contributed by atoms with Crippen LogP contribution in [0.2, 0.25) is 0 Å². The van der Waals surface area contributed by atoms with Crippen LogP contribution >= 0.6 is 11.8 Å². The van der Waals surface area contributed by atoms with Gasteiger partial charge in [0.25, 0.3) is 0 Å². The molecule has 17 heavy (non-hydrogen) atoms. The molecule has 1 rings (SSSR count). The van der Waals surface area contributed by atoms with Gasteiger partial charge in [0.1, 0.15) is 0 Å². The molecule has 1 saturated heterocycles. The highest BCUT2D eigenvalue weighted by Gasteiger charge is 2.16. The third kappa shape index (κ3) is 7.32. The normalized spacial score (nSPS) is 17.8. The SMILES string of the molecule is CCCN(CCCCSC)CC1CCNCC1. The van der Waals surface area contributed by atoms with E-state index >= 15 is 0 Å². The molecule has 0 spiro atoms. The Morgan fingerprint density at radius 2 is 1.94 bits per heavy atom. The molecule has 0 atom stereocenters. The first-order valence-corrected chi connectivity index (χ1v) is 8.68. The van der Waals surface area contributed by atoms with Crippen LogP contribution in [0.3, 0.4) is 0 Å². The summed E-state index contributed by atoms with van der Waals surface area (Å²) in [7, 11) is 0. The number of nitrogens with zero attached hydrogens (tertiary/aromatic N) is 1. The number of piperidine rings is 1. The second-order valence-corrected chi connectivity index (χ2v) is 6.18. The molecule has 0 bridgehead atoms. The Bertz CT molecular complexity index is 170. The lowest BCUT2D eigenvalue weighted by Gasteiger charge is -2.30. The van der Waals surface area contributed by atoms with Gasteiger partial charge in [0, 0.05) is 6.54 Å². The van der Waals surface area contributed by atoms with E-state index in [0.29, 0.717) is 0 Å². The van der Waals surface area contributed by atoms with Crippen LogP contribution in [0, 0.1) is 5.92 Å². The molecule has 0 saturated carbocycles. The second kappa shape index (κ2) is 10.2. The smallest absolute Gasteiger partial charge is 0.00106 e. The van der Waals surface area contributed by atoms with E-state index in [1.54, 1.807) is 0 Å². The van der Waals surface area contributed by atoms with Crippen LogP contribution in [0.4, 0.5) is 0 Å². The lowest BCUT2D eigenvalue weighted by molar-refractivity contribution is 0.203. The number of unbranched alkanes of at least 4 members (excludes halogenated alkanes) is 1. The average molecular weight is 258 g/mol. The van der Waals surface area contributed by atoms with Gasteiger partial charge in [-0.05, 0) is 76.2 Å². The number of hydrogen-bond donors (Lipinski definition) is 1. The van der Waals surface area contributed by atoms with E-state index in [2.05, 4.69) is 23.4 Å². The second-order valence-electron chi connectivity index (χ2n) is 5.19. The Morgan fingerprint density at radius 3 is 2.59 bits per heavy atom. The summed E-state index contributed by atoms with van der Waals surface area (Å²) < 4.78 is 0. The average Bonchev–Trinajstić information content (AvgIpc) is 2.36. The Kier molecular flexibility index (Phi) is 9.21. The van der Waals surface area contributed by atoms with Crippen molar-refractivity contribution >= 4 is 11.8 Å². The summed E-state index contributed by atoms with van der Waals surface area (Å²) in [5, 5.41) is 3.46. The van der Waals surface area contributed by atoms with Gasteiger partial charge in [-0.15, -0.1) is 0 Å². The molecule has 0 aromatic rings. The summed E-state index contributed by atoms with van der Waals surface area (Å²) in [6, 6.07) is 0. The van der Waals surface area contributed by atoms with E-state index in [1.165, 1.54) is 70.6 Å². The summed E-state index contributed by atoms with van der Waals surface area (Å²) in [4.78, 5) is 2.70. The molecule has 1 heterocycles. The fraction of sp³-hybridized carbons (Fsp3) is 1.00. The molecule has 1 aliphatic rings. The molecule has 1 fully saturated rings. The van der Waals surface area contributed by atoms with Crippen LogP contribution in [0.5, 0.6) is 0 Å². The van der Waals surface area contributed by atoms with Crippen LogP contribution in [0.1, 0.15) is 39.0 Å². The lowest BCUT2D eigenvalue weighted by Crippen LogP contribution is -2.37. The molecule has 1 N–H and O–H groups in total. The maximum Gasteiger partial charge on any atom is 0.00106 e. The van der Waals surface area contributed by atoms with Gasteiger partial charge in [-0.25, -0.2) is 0 Å². The van der Waals surface area contributed by atoms with Gasteiger partial charge >= 0.3 is 0 Å². The maximum absolute atomic E-state index is 3.46. The van der Waals surface area contributed by atoms with Crippen LogP contribution < -0.4 is 5.32 Å². The van der Waals surface area contributed by atoms with Gasteiger partial charge in [0.15, 0.2) is 0 Å². The Labute approximate surface area is 112 Å². The quantitative estimate of drug-likeness (QED) is 0.640. The molecule has 102 valence electrons. The first-order valence-electron chi connectivity index (χ1n) is 7.28. The van der Waals surface area contributed by atoms with E-state index in [-0.39, 0.29) is 0 Å². The fourth-order valence-corrected chi connectivity index (χ4v) is 3.11. The Morgan fingerprint density at radius 1 is 1.18 bits per heavy atom. The predicted octanol–water partition coefficient (Wildman–Crippen LogP) is 2.84. The molecular formula is C14H30N2S. The van der Waals surface area contributed by atoms with Crippen molar-refractivity contribution in [3.05, 3.63) is 0 Å². The number of nitrogens with one attached hydrogen (secondary N) is 1. The maximum atomic E-state index is 3.46. The number of rotatable bonds is 9. The zero-order chi connectivity index (χ0) is 12.3. The molecule has 0 aromatic carbocycles. The third-order valence-corrected chi connectivity index (χ3v) is 4.28. The highest BCUT2D eigenvalue weighted by atomic mass is 32.2. The topological polar surface area (TPSA) is 15.3 Å². The molecule has 0 aromatic heterocycles. The van der Waals surface area contributed by atoms with Crippen molar-refractivity contribution in [3.63, 3.8) is 0 Å². The molecule has 1 aliphatic heterocycles. The Balaban J connectivity index is 2.16. The summed E-state index contributed by atoms with van der Waals surface area (Å²) in [5.74, 6) is 2.27. The number of thioether (sulfide) groups is 1. The standard InChI is InChI=1S/C14H30N2S/c1-3-10-16(11-4-5-12-17-2)13-14-6-8-15-9-7-14/h14-15H,3-13H2,1-2H3. The van der Waals surface area contributed by atoms with E-state index in [1.807, 2.05) is 11.8 Å². The molecule has 0 amide bonds. The molecule has 0 unspecified atom stereocenters. The van der Waals surface area contributed by atoms with Crippen LogP contribution in [-0.4, -0.2) is 49.6 Å².